The van der Waals surface area contributed by atoms with E-state index in [1.165, 1.54) is 0 Å². The number of fused-ring (bicyclic) bond motifs is 1. The van der Waals surface area contributed by atoms with Crippen molar-refractivity contribution in [2.24, 2.45) is 0 Å². The Bertz CT molecular complexity index is 179. The van der Waals surface area contributed by atoms with Crippen LogP contribution in [0.15, 0.2) is 0 Å². The van der Waals surface area contributed by atoms with Crippen LogP contribution >= 0.6 is 0 Å². The molecule has 0 aliphatic carbocycles. The fourth-order valence-corrected chi connectivity index (χ4v) is 2.07. The minimum absolute atomic E-state index is 0. The molecule has 0 bridgehead atoms. The number of hydrogen-bond acceptors (Lipinski definition) is 2. The van der Waals surface area contributed by atoms with Gasteiger partial charge in [-0.25, -0.2) is 0 Å². The largest absolute Gasteiger partial charge is 1.00 e. The number of morpholine rings is 1. The van der Waals surface area contributed by atoms with Crippen LogP contribution in [0, 0.1) is 0 Å². The molecule has 14 heavy (non-hydrogen) atoms. The molecule has 3 nitrogen and oxygen atoms in total. The Morgan fingerprint density at radius 1 is 1.29 bits per heavy atom. The quantitative estimate of drug-likeness (QED) is 0.521. The van der Waals surface area contributed by atoms with Gasteiger partial charge >= 0.3 is 58.2 Å². The van der Waals surface area contributed by atoms with E-state index in [4.69, 9.17) is 4.74 Å². The molecule has 76 valence electrons. The molecule has 2 aliphatic heterocycles. The summed E-state index contributed by atoms with van der Waals surface area (Å²) in [5.41, 5.74) is 0.260. The van der Waals surface area contributed by atoms with Gasteiger partial charge < -0.3 is 10.1 Å². The predicted octanol–water partition coefficient (Wildman–Crippen LogP) is -1.75. The summed E-state index contributed by atoms with van der Waals surface area (Å²) < 4.78 is 5.69. The predicted molar refractivity (Wildman–Crippen MR) is 53.1 cm³/mol. The molecule has 0 aromatic heterocycles. The number of ether oxygens (including phenoxy) is 1. The SMILES string of the molecule is CC(C)(C)N1CC2[N-]CCOC2C1.[Rb+]. The van der Waals surface area contributed by atoms with Crippen LogP contribution in [0.25, 0.3) is 5.32 Å². The molecule has 2 heterocycles. The Labute approximate surface area is 136 Å². The fourth-order valence-electron chi connectivity index (χ4n) is 2.07. The monoisotopic (exact) mass is 268 g/mol. The Kier molecular flexibility index (Phi) is 5.25. The second-order valence-electron chi connectivity index (χ2n) is 4.96. The molecule has 0 radical (unpaired) electrons. The fraction of sp³-hybridized carbons (Fsp3) is 1.00. The van der Waals surface area contributed by atoms with E-state index in [1.54, 1.807) is 0 Å². The average molecular weight is 269 g/mol. The van der Waals surface area contributed by atoms with Crippen LogP contribution < -0.4 is 58.2 Å². The summed E-state index contributed by atoms with van der Waals surface area (Å²) in [7, 11) is 0. The van der Waals surface area contributed by atoms with Crippen LogP contribution in [0.5, 0.6) is 0 Å². The third-order valence-corrected chi connectivity index (χ3v) is 2.97. The van der Waals surface area contributed by atoms with Gasteiger partial charge in [-0.1, -0.05) is 6.04 Å². The first kappa shape index (κ1) is 13.7. The number of likely N-dealkylation sites (tertiary alicyclic amines) is 1. The third kappa shape index (κ3) is 3.09. The Morgan fingerprint density at radius 3 is 2.57 bits per heavy atom. The Morgan fingerprint density at radius 2 is 2.00 bits per heavy atom. The van der Waals surface area contributed by atoms with Crippen LogP contribution in [0.3, 0.4) is 0 Å². The molecule has 4 heteroatoms. The molecule has 0 N–H and O–H groups in total. The van der Waals surface area contributed by atoms with E-state index in [1.807, 2.05) is 0 Å². The van der Waals surface area contributed by atoms with Crippen molar-refractivity contribution >= 4 is 0 Å². The van der Waals surface area contributed by atoms with Crippen molar-refractivity contribution in [2.75, 3.05) is 26.2 Å². The summed E-state index contributed by atoms with van der Waals surface area (Å²) in [6.45, 7) is 10.6. The zero-order valence-corrected chi connectivity index (χ0v) is 14.7. The van der Waals surface area contributed by atoms with Crippen molar-refractivity contribution in [1.82, 2.24) is 4.90 Å². The Hall–Kier alpha value is 1.69. The van der Waals surface area contributed by atoms with Crippen molar-refractivity contribution in [1.29, 1.82) is 0 Å². The molecule has 0 amide bonds. The maximum Gasteiger partial charge on any atom is 1.00 e. The molecule has 2 atom stereocenters. The van der Waals surface area contributed by atoms with E-state index in [0.717, 1.165) is 26.2 Å². The molecule has 0 aromatic carbocycles. The van der Waals surface area contributed by atoms with Crippen LogP contribution in [-0.4, -0.2) is 48.8 Å². The smallest absolute Gasteiger partial charge is 0.654 e. The summed E-state index contributed by atoms with van der Waals surface area (Å²) in [6, 6.07) is 0.438. The molecule has 0 saturated carbocycles. The molecule has 2 rings (SSSR count). The third-order valence-electron chi connectivity index (χ3n) is 2.97. The summed E-state index contributed by atoms with van der Waals surface area (Å²) in [5, 5.41) is 4.59. The molecular formula is C10H19N2ORb. The van der Waals surface area contributed by atoms with Gasteiger partial charge in [0.05, 0.1) is 6.10 Å². The van der Waals surface area contributed by atoms with E-state index in [2.05, 4.69) is 31.0 Å². The topological polar surface area (TPSA) is 26.6 Å². The average Bonchev–Trinajstić information content (AvgIpc) is 2.45. The van der Waals surface area contributed by atoms with Crippen LogP contribution in [0.4, 0.5) is 0 Å². The molecular weight excluding hydrogens is 250 g/mol. The van der Waals surface area contributed by atoms with Crippen LogP contribution in [-0.2, 0) is 4.74 Å². The first-order valence-corrected chi connectivity index (χ1v) is 5.10. The molecule has 2 saturated heterocycles. The van der Waals surface area contributed by atoms with Crippen molar-refractivity contribution < 1.29 is 62.9 Å². The van der Waals surface area contributed by atoms with Gasteiger partial charge in [0.1, 0.15) is 0 Å². The Balaban J connectivity index is 0.000000980. The maximum absolute atomic E-state index is 5.69. The van der Waals surface area contributed by atoms with Gasteiger partial charge in [0.15, 0.2) is 0 Å². The van der Waals surface area contributed by atoms with E-state index in [0.29, 0.717) is 12.1 Å². The molecule has 0 spiro atoms. The van der Waals surface area contributed by atoms with Crippen molar-refractivity contribution in [3.05, 3.63) is 5.32 Å². The van der Waals surface area contributed by atoms with Gasteiger partial charge in [0, 0.05) is 18.7 Å². The van der Waals surface area contributed by atoms with E-state index in [9.17, 15) is 0 Å². The number of hydrogen-bond donors (Lipinski definition) is 0. The maximum atomic E-state index is 5.69. The van der Waals surface area contributed by atoms with Crippen LogP contribution in [0.1, 0.15) is 20.8 Å². The number of rotatable bonds is 0. The standard InChI is InChI=1S/C10H19N2O.Rb/c1-10(2,3)12-6-8-9(7-12)13-5-4-11-8;/h8-9H,4-7H2,1-3H3;/q-1;+1. The number of nitrogens with zero attached hydrogens (tertiary/aromatic N) is 2. The van der Waals surface area contributed by atoms with Crippen LogP contribution in [0.2, 0.25) is 0 Å². The zero-order chi connectivity index (χ0) is 9.47. The van der Waals surface area contributed by atoms with Crippen molar-refractivity contribution in [2.45, 2.75) is 38.5 Å². The zero-order valence-electron chi connectivity index (χ0n) is 9.79. The second-order valence-corrected chi connectivity index (χ2v) is 4.96. The van der Waals surface area contributed by atoms with Gasteiger partial charge in [-0.15, -0.1) is 6.54 Å². The van der Waals surface area contributed by atoms with E-state index >= 15 is 0 Å². The van der Waals surface area contributed by atoms with E-state index in [-0.39, 0.29) is 63.7 Å². The molecule has 2 fully saturated rings. The summed E-state index contributed by atoms with van der Waals surface area (Å²) in [6.07, 6.45) is 0.368. The normalized spacial score (nSPS) is 33.6. The summed E-state index contributed by atoms with van der Waals surface area (Å²) in [4.78, 5) is 2.47. The summed E-state index contributed by atoms with van der Waals surface area (Å²) in [5.74, 6) is 0. The second kappa shape index (κ2) is 5.34. The van der Waals surface area contributed by atoms with E-state index < -0.39 is 0 Å². The van der Waals surface area contributed by atoms with Gasteiger partial charge in [-0.05, 0) is 27.3 Å². The minimum atomic E-state index is 0. The van der Waals surface area contributed by atoms with Gasteiger partial charge in [-0.3, -0.25) is 4.90 Å². The molecule has 2 unspecified atom stereocenters. The first-order valence-electron chi connectivity index (χ1n) is 5.10. The van der Waals surface area contributed by atoms with Gasteiger partial charge in [-0.2, -0.15) is 0 Å². The first-order chi connectivity index (χ1) is 6.07. The molecule has 2 aliphatic rings. The minimum Gasteiger partial charge on any atom is -0.654 e. The summed E-state index contributed by atoms with van der Waals surface area (Å²) >= 11 is 0. The van der Waals surface area contributed by atoms with Gasteiger partial charge in [0.2, 0.25) is 0 Å². The molecule has 0 aromatic rings. The van der Waals surface area contributed by atoms with Crippen molar-refractivity contribution in [3.8, 4) is 0 Å². The van der Waals surface area contributed by atoms with Gasteiger partial charge in [0.25, 0.3) is 0 Å². The van der Waals surface area contributed by atoms with Crippen molar-refractivity contribution in [3.63, 3.8) is 0 Å².